The van der Waals surface area contributed by atoms with Gasteiger partial charge in [-0.25, -0.2) is 0 Å². The Kier molecular flexibility index (Phi) is 8.89. The van der Waals surface area contributed by atoms with Crippen LogP contribution in [0.2, 0.25) is 0 Å². The lowest BCUT2D eigenvalue weighted by Gasteiger charge is -2.53. The van der Waals surface area contributed by atoms with Crippen LogP contribution in [0.3, 0.4) is 0 Å². The van der Waals surface area contributed by atoms with Crippen LogP contribution in [0.4, 0.5) is 13.2 Å². The third-order valence-corrected chi connectivity index (χ3v) is 11.1. The number of nitrogens with two attached hydrogens (primary N) is 1. The van der Waals surface area contributed by atoms with Crippen molar-refractivity contribution in [2.24, 2.45) is 29.4 Å². The van der Waals surface area contributed by atoms with E-state index in [1.165, 1.54) is 23.9 Å². The summed E-state index contributed by atoms with van der Waals surface area (Å²) in [5.41, 5.74) is 0.724. The quantitative estimate of drug-likeness (QED) is 0.317. The highest BCUT2D eigenvalue weighted by molar-refractivity contribution is 6.33. The molecule has 2 aliphatic heterocycles. The van der Waals surface area contributed by atoms with E-state index in [0.29, 0.717) is 12.8 Å². The van der Waals surface area contributed by atoms with Crippen molar-refractivity contribution in [3.05, 3.63) is 22.8 Å². The van der Waals surface area contributed by atoms with Crippen LogP contribution >= 0.6 is 0 Å². The third-order valence-electron chi connectivity index (χ3n) is 11.1. The normalized spacial score (nSPS) is 32.2. The van der Waals surface area contributed by atoms with Crippen LogP contribution in [-0.4, -0.2) is 118 Å². The van der Waals surface area contributed by atoms with E-state index in [0.717, 1.165) is 32.0 Å². The highest BCUT2D eigenvalue weighted by Crippen LogP contribution is 2.54. The van der Waals surface area contributed by atoms with Crippen molar-refractivity contribution in [1.29, 1.82) is 5.41 Å². The zero-order valence-electron chi connectivity index (χ0n) is 27.2. The van der Waals surface area contributed by atoms with Crippen LogP contribution in [0.1, 0.15) is 66.1 Å². The molecule has 1 aromatic rings. The first-order valence-corrected chi connectivity index (χ1v) is 16.5. The van der Waals surface area contributed by atoms with Gasteiger partial charge in [0.05, 0.1) is 35.8 Å². The molecule has 2 saturated heterocycles. The molecule has 4 fully saturated rings. The fourth-order valence-corrected chi connectivity index (χ4v) is 8.99. The van der Waals surface area contributed by atoms with Gasteiger partial charge in [-0.15, -0.1) is 13.2 Å². The molecule has 0 spiro atoms. The van der Waals surface area contributed by atoms with Crippen LogP contribution in [0.25, 0.3) is 0 Å². The predicted molar refractivity (Wildman–Crippen MR) is 165 cm³/mol. The number of hydrogen-bond acceptors (Lipinski definition) is 11. The molecule has 16 heteroatoms. The largest absolute Gasteiger partial charge is 0.573 e. The number of benzene rings is 1. The standard InChI is InChI=1S/C33H40F3N5O8/c1-39(2)25-18-12-15-11-17-23(26(44)22(15)30(46)32(18,48)29(37)24(27(25)45)31(38)47)20(42)13-16(28(17)49-33(34,35)36)19-7-3-4-10-41(19)21(43)14-40-8-5-6-9-40/h13,15,18-19,22,24-25,37,42,48H,3-12,14H2,1-2H3,(H2,38,47). The Hall–Kier alpha value is -3.89. The number of hydrogen-bond donors (Lipinski definition) is 4. The van der Waals surface area contributed by atoms with Crippen LogP contribution in [-0.2, 0) is 25.6 Å². The summed E-state index contributed by atoms with van der Waals surface area (Å²) in [6.45, 7) is 1.83. The Bertz CT molecular complexity index is 1630. The van der Waals surface area contributed by atoms with Crippen molar-refractivity contribution in [1.82, 2.24) is 14.7 Å². The second kappa shape index (κ2) is 12.5. The number of aromatic hydroxyl groups is 1. The summed E-state index contributed by atoms with van der Waals surface area (Å²) in [4.78, 5) is 72.4. The SMILES string of the molecule is CN(C)C1C(=O)C(C(N)=O)C(=N)C2(O)C(=O)C3C(=O)c4c(O)cc(C5CCCCN5C(=O)CN5CCCC5)c(OC(F)(F)F)c4CC3CC12. The number of rotatable bonds is 6. The van der Waals surface area contributed by atoms with E-state index in [9.17, 15) is 47.4 Å². The number of Topliss-reactive ketones (excluding diaryl/α,β-unsaturated/α-hetero) is 3. The van der Waals surface area contributed by atoms with Crippen LogP contribution < -0.4 is 10.5 Å². The maximum absolute atomic E-state index is 14.2. The monoisotopic (exact) mass is 691 g/mol. The van der Waals surface area contributed by atoms with Gasteiger partial charge in [0.25, 0.3) is 0 Å². The van der Waals surface area contributed by atoms with Gasteiger partial charge >= 0.3 is 6.36 Å². The minimum atomic E-state index is -5.23. The second-order valence-electron chi connectivity index (χ2n) is 14.1. The summed E-state index contributed by atoms with van der Waals surface area (Å²) in [6, 6.07) is -1.20. The number of carbonyl (C=O) groups is 5. The molecule has 2 saturated carbocycles. The molecule has 2 heterocycles. The first kappa shape index (κ1) is 35.0. The number of primary amides is 1. The number of nitrogens with one attached hydrogen (secondary N) is 1. The first-order valence-electron chi connectivity index (χ1n) is 16.5. The molecule has 3 aliphatic carbocycles. The van der Waals surface area contributed by atoms with Crippen molar-refractivity contribution in [2.75, 3.05) is 40.3 Å². The summed E-state index contributed by atoms with van der Waals surface area (Å²) < 4.78 is 47.0. The number of aliphatic hydroxyl groups is 1. The lowest BCUT2D eigenvalue weighted by atomic mass is 9.52. The van der Waals surface area contributed by atoms with Crippen molar-refractivity contribution >= 4 is 34.9 Å². The topological polar surface area (TPSA) is 195 Å². The summed E-state index contributed by atoms with van der Waals surface area (Å²) in [5, 5.41) is 31.8. The number of phenols is 1. The number of nitrogens with zero attached hydrogens (tertiary/aromatic N) is 3. The van der Waals surface area contributed by atoms with Gasteiger partial charge in [-0.3, -0.25) is 33.8 Å². The minimum absolute atomic E-state index is 0.0922. The zero-order valence-corrected chi connectivity index (χ0v) is 27.2. The molecule has 5 aliphatic rings. The number of ether oxygens (including phenoxy) is 1. The highest BCUT2D eigenvalue weighted by atomic mass is 19.4. The number of fused-ring (bicyclic) bond motifs is 3. The summed E-state index contributed by atoms with van der Waals surface area (Å²) in [7, 11) is 2.93. The first-order chi connectivity index (χ1) is 23.0. The van der Waals surface area contributed by atoms with Gasteiger partial charge in [0.15, 0.2) is 23.0 Å². The summed E-state index contributed by atoms with van der Waals surface area (Å²) in [6.07, 6.45) is -2.52. The summed E-state index contributed by atoms with van der Waals surface area (Å²) in [5.74, 6) is -12.1. The number of halogens is 3. The van der Waals surface area contributed by atoms with Gasteiger partial charge in [-0.2, -0.15) is 0 Å². The van der Waals surface area contributed by atoms with Gasteiger partial charge < -0.3 is 31.0 Å². The highest BCUT2D eigenvalue weighted by Gasteiger charge is 2.67. The number of likely N-dealkylation sites (tertiary alicyclic amines) is 2. The molecule has 7 atom stereocenters. The molecule has 2 amide bonds. The zero-order chi connectivity index (χ0) is 35.7. The van der Waals surface area contributed by atoms with Gasteiger partial charge in [0, 0.05) is 23.6 Å². The molecule has 13 nitrogen and oxygen atoms in total. The molecular formula is C33H40F3N5O8. The van der Waals surface area contributed by atoms with Gasteiger partial charge in [-0.1, -0.05) is 0 Å². The Morgan fingerprint density at radius 2 is 1.78 bits per heavy atom. The second-order valence-corrected chi connectivity index (χ2v) is 14.1. The molecule has 0 aromatic heterocycles. The Morgan fingerprint density at radius 3 is 2.39 bits per heavy atom. The number of piperidine rings is 1. The smallest absolute Gasteiger partial charge is 0.507 e. The number of carbonyl (C=O) groups excluding carboxylic acids is 5. The van der Waals surface area contributed by atoms with Crippen LogP contribution in [0.5, 0.6) is 11.5 Å². The molecule has 0 radical (unpaired) electrons. The minimum Gasteiger partial charge on any atom is -0.507 e. The van der Waals surface area contributed by atoms with Crippen molar-refractivity contribution in [2.45, 2.75) is 69.0 Å². The van der Waals surface area contributed by atoms with Crippen molar-refractivity contribution in [3.8, 4) is 11.5 Å². The maximum Gasteiger partial charge on any atom is 0.573 e. The molecule has 1 aromatic carbocycles. The number of alkyl halides is 3. The van der Waals surface area contributed by atoms with Gasteiger partial charge in [-0.05, 0) is 84.1 Å². The lowest BCUT2D eigenvalue weighted by Crippen LogP contribution is -2.73. The third kappa shape index (κ3) is 5.70. The fraction of sp³-hybridized carbons (Fsp3) is 0.636. The molecule has 266 valence electrons. The average Bonchev–Trinajstić information content (AvgIpc) is 3.52. The Labute approximate surface area is 280 Å². The van der Waals surface area contributed by atoms with Crippen molar-refractivity contribution in [3.63, 3.8) is 0 Å². The Morgan fingerprint density at radius 1 is 1.12 bits per heavy atom. The molecule has 6 rings (SSSR count). The van der Waals surface area contributed by atoms with Crippen LogP contribution in [0.15, 0.2) is 6.07 Å². The molecule has 0 bridgehead atoms. The number of likely N-dealkylation sites (N-methyl/N-ethyl adjacent to an activating group) is 1. The van der Waals surface area contributed by atoms with E-state index < -0.39 is 93.7 Å². The van der Waals surface area contributed by atoms with Crippen molar-refractivity contribution < 1.29 is 52.1 Å². The average molecular weight is 692 g/mol. The number of phenolic OH excluding ortho intramolecular Hbond substituents is 1. The molecule has 49 heavy (non-hydrogen) atoms. The molecule has 5 N–H and O–H groups in total. The fourth-order valence-electron chi connectivity index (χ4n) is 8.99. The van der Waals surface area contributed by atoms with Gasteiger partial charge in [0.2, 0.25) is 11.8 Å². The van der Waals surface area contributed by atoms with E-state index in [2.05, 4.69) is 4.74 Å². The molecular weight excluding hydrogens is 651 g/mol. The van der Waals surface area contributed by atoms with E-state index in [-0.39, 0.29) is 49.4 Å². The van der Waals surface area contributed by atoms with E-state index in [1.54, 1.807) is 0 Å². The van der Waals surface area contributed by atoms with Crippen LogP contribution in [0, 0.1) is 29.1 Å². The number of amides is 2. The lowest BCUT2D eigenvalue weighted by molar-refractivity contribution is -0.275. The number of ketones is 3. The summed E-state index contributed by atoms with van der Waals surface area (Å²) >= 11 is 0. The van der Waals surface area contributed by atoms with E-state index in [1.807, 2.05) is 4.90 Å². The van der Waals surface area contributed by atoms with E-state index in [4.69, 9.17) is 11.1 Å². The maximum atomic E-state index is 14.2. The predicted octanol–water partition coefficient (Wildman–Crippen LogP) is 1.37. The van der Waals surface area contributed by atoms with Gasteiger partial charge in [0.1, 0.15) is 17.4 Å². The van der Waals surface area contributed by atoms with E-state index >= 15 is 0 Å². The molecule has 7 unspecified atom stereocenters. The Balaban J connectivity index is 1.45.